The highest BCUT2D eigenvalue weighted by Crippen LogP contribution is 2.35. The van der Waals surface area contributed by atoms with Gasteiger partial charge in [-0.05, 0) is 80.3 Å². The van der Waals surface area contributed by atoms with E-state index in [0.717, 1.165) is 59.9 Å². The van der Waals surface area contributed by atoms with Gasteiger partial charge in [0, 0.05) is 42.1 Å². The average molecular weight is 574 g/mol. The average Bonchev–Trinajstić information content (AvgIpc) is 3.40. The van der Waals surface area contributed by atoms with Crippen molar-refractivity contribution < 1.29 is 19.4 Å². The maximum atomic E-state index is 12.2. The Kier molecular flexibility index (Phi) is 13.8. The second-order valence-corrected chi connectivity index (χ2v) is 11.5. The maximum absolute atomic E-state index is 12.2. The zero-order valence-electron chi connectivity index (χ0n) is 22.0. The minimum atomic E-state index is -0.577. The van der Waals surface area contributed by atoms with Gasteiger partial charge in [-0.1, -0.05) is 12.8 Å². The van der Waals surface area contributed by atoms with E-state index < -0.39 is 6.10 Å². The van der Waals surface area contributed by atoms with Crippen molar-refractivity contribution in [3.63, 3.8) is 0 Å². The van der Waals surface area contributed by atoms with Crippen LogP contribution >= 0.6 is 36.6 Å². The Morgan fingerprint density at radius 1 is 1.16 bits per heavy atom. The number of ether oxygens (including phenoxy) is 2. The van der Waals surface area contributed by atoms with Crippen LogP contribution in [0.2, 0.25) is 0 Å². The minimum absolute atomic E-state index is 0. The van der Waals surface area contributed by atoms with Gasteiger partial charge in [0.2, 0.25) is 0 Å². The lowest BCUT2D eigenvalue weighted by molar-refractivity contribution is -0.142. The molecule has 1 unspecified atom stereocenters. The number of likely N-dealkylation sites (tertiary alicyclic amines) is 1. The molecule has 4 rings (SSSR count). The van der Waals surface area contributed by atoms with Crippen molar-refractivity contribution in [2.75, 3.05) is 39.6 Å². The van der Waals surface area contributed by atoms with E-state index >= 15 is 0 Å². The second kappa shape index (κ2) is 16.0. The molecule has 6 nitrogen and oxygen atoms in total. The van der Waals surface area contributed by atoms with Gasteiger partial charge in [0.15, 0.2) is 0 Å². The molecule has 2 aromatic rings. The quantitative estimate of drug-likeness (QED) is 0.327. The molecular weight excluding hydrogens is 531 g/mol. The number of piperidine rings is 1. The van der Waals surface area contributed by atoms with Gasteiger partial charge in [-0.3, -0.25) is 9.78 Å². The van der Waals surface area contributed by atoms with Crippen molar-refractivity contribution >= 4 is 53.4 Å². The fraction of sp³-hybridized carbons (Fsp3) is 0.643. The molecule has 0 spiro atoms. The number of thioether (sulfide) groups is 1. The highest BCUT2D eigenvalue weighted by Gasteiger charge is 2.31. The van der Waals surface area contributed by atoms with Gasteiger partial charge in [-0.25, -0.2) is 0 Å². The van der Waals surface area contributed by atoms with Crippen LogP contribution < -0.4 is 4.74 Å². The molecule has 1 aromatic heterocycles. The number of pyridine rings is 1. The van der Waals surface area contributed by atoms with E-state index in [1.54, 1.807) is 13.3 Å². The topological polar surface area (TPSA) is 71.9 Å². The Hall–Kier alpha value is -1.25. The number of aliphatic hydroxyl groups excluding tert-OH is 1. The molecule has 1 aromatic carbocycles. The predicted molar refractivity (Wildman–Crippen MR) is 156 cm³/mol. The number of halogens is 2. The summed E-state index contributed by atoms with van der Waals surface area (Å²) in [5.41, 5.74) is 1.74. The molecule has 2 heterocycles. The summed E-state index contributed by atoms with van der Waals surface area (Å²) in [7, 11) is 3.12. The first kappa shape index (κ1) is 32.0. The van der Waals surface area contributed by atoms with E-state index in [2.05, 4.69) is 21.6 Å². The van der Waals surface area contributed by atoms with Crippen LogP contribution in [0.1, 0.15) is 63.0 Å². The fourth-order valence-corrected chi connectivity index (χ4v) is 7.13. The van der Waals surface area contributed by atoms with Gasteiger partial charge >= 0.3 is 5.97 Å². The van der Waals surface area contributed by atoms with Gasteiger partial charge in [0.1, 0.15) is 5.75 Å². The number of nitrogens with zero attached hydrogens (tertiary/aromatic N) is 2. The Balaban J connectivity index is 0.00000241. The molecule has 1 saturated carbocycles. The molecule has 1 aliphatic heterocycles. The number of fused-ring (bicyclic) bond motifs is 1. The number of aliphatic hydroxyl groups is 1. The van der Waals surface area contributed by atoms with Crippen molar-refractivity contribution in [3.05, 3.63) is 36.0 Å². The number of esters is 1. The molecule has 37 heavy (non-hydrogen) atoms. The van der Waals surface area contributed by atoms with Crippen molar-refractivity contribution in [2.45, 2.75) is 62.7 Å². The summed E-state index contributed by atoms with van der Waals surface area (Å²) in [5, 5.41) is 12.9. The summed E-state index contributed by atoms with van der Waals surface area (Å²) < 4.78 is 10.4. The van der Waals surface area contributed by atoms with Gasteiger partial charge in [0.25, 0.3) is 0 Å². The van der Waals surface area contributed by atoms with Crippen molar-refractivity contribution in [3.8, 4) is 5.75 Å². The third kappa shape index (κ3) is 8.89. The predicted octanol–water partition coefficient (Wildman–Crippen LogP) is 6.08. The van der Waals surface area contributed by atoms with Crippen LogP contribution in [0.25, 0.3) is 10.9 Å². The number of benzene rings is 1. The molecule has 2 fully saturated rings. The molecule has 1 aliphatic carbocycles. The molecule has 9 heteroatoms. The SMILES string of the molecule is COC(=O)C[C@H]1CN(CCSC2CCCC2)CC[C@H]1CCC(O)c1ccnc2ccc(OC)cc12.Cl.Cl. The van der Waals surface area contributed by atoms with Gasteiger partial charge in [-0.15, -0.1) is 24.8 Å². The smallest absolute Gasteiger partial charge is 0.305 e. The van der Waals surface area contributed by atoms with Gasteiger partial charge in [0.05, 0.1) is 25.8 Å². The Morgan fingerprint density at radius 3 is 2.68 bits per heavy atom. The largest absolute Gasteiger partial charge is 0.497 e. The summed E-state index contributed by atoms with van der Waals surface area (Å²) >= 11 is 2.13. The third-order valence-corrected chi connectivity index (χ3v) is 9.21. The molecule has 0 radical (unpaired) electrons. The molecule has 0 bridgehead atoms. The first-order valence-corrected chi connectivity index (χ1v) is 14.1. The van der Waals surface area contributed by atoms with E-state index in [9.17, 15) is 9.90 Å². The van der Waals surface area contributed by atoms with Crippen molar-refractivity contribution in [1.82, 2.24) is 9.88 Å². The number of carbonyl (C=O) groups is 1. The Bertz CT molecular complexity index is 976. The van der Waals surface area contributed by atoms with Crippen LogP contribution in [-0.2, 0) is 9.53 Å². The van der Waals surface area contributed by atoms with Gasteiger partial charge < -0.3 is 19.5 Å². The lowest BCUT2D eigenvalue weighted by atomic mass is 9.79. The first-order valence-electron chi connectivity index (χ1n) is 13.1. The minimum Gasteiger partial charge on any atom is -0.497 e. The standard InChI is InChI=1S/C28H40N2O4S.2ClH/c1-33-22-8-9-26-25(18-22)24(11-13-29-26)27(31)10-7-20-12-14-30(19-21(20)17-28(32)34-2)15-16-35-23-5-3-4-6-23;;/h8-9,11,13,18,20-21,23,27,31H,3-7,10,12,14-17,19H2,1-2H3;2*1H/t20-,21+,27?;;/m1../s1. The summed E-state index contributed by atoms with van der Waals surface area (Å²) in [5.74, 6) is 2.49. The number of hydrogen-bond donors (Lipinski definition) is 1. The lowest BCUT2D eigenvalue weighted by Gasteiger charge is -2.38. The van der Waals surface area contributed by atoms with E-state index in [-0.39, 0.29) is 36.7 Å². The molecule has 208 valence electrons. The summed E-state index contributed by atoms with van der Waals surface area (Å²) in [6, 6.07) is 7.67. The summed E-state index contributed by atoms with van der Waals surface area (Å²) in [4.78, 5) is 19.1. The summed E-state index contributed by atoms with van der Waals surface area (Å²) in [6.07, 6.45) is 9.78. The second-order valence-electron chi connectivity index (χ2n) is 10.0. The lowest BCUT2D eigenvalue weighted by Crippen LogP contribution is -2.42. The molecule has 2 aliphatic rings. The zero-order chi connectivity index (χ0) is 24.6. The fourth-order valence-electron chi connectivity index (χ4n) is 5.76. The van der Waals surface area contributed by atoms with Crippen LogP contribution in [0.5, 0.6) is 5.75 Å². The van der Waals surface area contributed by atoms with E-state index in [1.807, 2.05) is 24.3 Å². The number of rotatable bonds is 11. The van der Waals surface area contributed by atoms with Crippen molar-refractivity contribution in [1.29, 1.82) is 0 Å². The van der Waals surface area contributed by atoms with Crippen LogP contribution in [-0.4, -0.2) is 65.8 Å². The van der Waals surface area contributed by atoms with Crippen LogP contribution in [0.4, 0.5) is 0 Å². The van der Waals surface area contributed by atoms with E-state index in [4.69, 9.17) is 9.47 Å². The van der Waals surface area contributed by atoms with Crippen molar-refractivity contribution in [2.24, 2.45) is 11.8 Å². The van der Waals surface area contributed by atoms with Gasteiger partial charge in [-0.2, -0.15) is 11.8 Å². The molecule has 3 atom stereocenters. The zero-order valence-corrected chi connectivity index (χ0v) is 24.4. The number of methoxy groups -OCH3 is 2. The Morgan fingerprint density at radius 2 is 1.95 bits per heavy atom. The van der Waals surface area contributed by atoms with Crippen LogP contribution in [0.15, 0.2) is 30.5 Å². The normalized spacial score (nSPS) is 21.2. The number of aromatic nitrogens is 1. The maximum Gasteiger partial charge on any atom is 0.305 e. The van der Waals surface area contributed by atoms with E-state index in [1.165, 1.54) is 38.5 Å². The third-order valence-electron chi connectivity index (χ3n) is 7.85. The number of hydrogen-bond acceptors (Lipinski definition) is 7. The van der Waals surface area contributed by atoms with E-state index in [0.29, 0.717) is 18.8 Å². The highest BCUT2D eigenvalue weighted by molar-refractivity contribution is 7.99. The molecule has 0 amide bonds. The van der Waals surface area contributed by atoms with Crippen LogP contribution in [0.3, 0.4) is 0 Å². The van der Waals surface area contributed by atoms with Crippen LogP contribution in [0, 0.1) is 11.8 Å². The highest BCUT2D eigenvalue weighted by atomic mass is 35.5. The first-order chi connectivity index (χ1) is 17.1. The molecule has 1 N–H and O–H groups in total. The number of carbonyl (C=O) groups excluding carboxylic acids is 1. The molecular formula is C28H42Cl2N2O4S. The molecule has 1 saturated heterocycles. The Labute approximate surface area is 238 Å². The monoisotopic (exact) mass is 572 g/mol. The summed E-state index contributed by atoms with van der Waals surface area (Å²) in [6.45, 7) is 3.11.